The SMILES string of the molecule is CC/C=C/COc1cnc(-c2ccc(-c3ccc(C#N)cc3)cc2)nc1. The fourth-order valence-corrected chi connectivity index (χ4v) is 2.47. The molecule has 0 saturated carbocycles. The highest BCUT2D eigenvalue weighted by Crippen LogP contribution is 2.23. The van der Waals surface area contributed by atoms with Crippen LogP contribution < -0.4 is 4.74 Å². The lowest BCUT2D eigenvalue weighted by atomic mass is 10.0. The lowest BCUT2D eigenvalue weighted by Gasteiger charge is -2.06. The normalized spacial score (nSPS) is 10.6. The summed E-state index contributed by atoms with van der Waals surface area (Å²) in [6.45, 7) is 2.61. The van der Waals surface area contributed by atoms with Gasteiger partial charge in [0.1, 0.15) is 6.61 Å². The van der Waals surface area contributed by atoms with Gasteiger partial charge < -0.3 is 4.74 Å². The maximum absolute atomic E-state index is 8.88. The molecular weight excluding hydrogens is 322 g/mol. The van der Waals surface area contributed by atoms with E-state index in [1.54, 1.807) is 12.4 Å². The summed E-state index contributed by atoms with van der Waals surface area (Å²) in [5.41, 5.74) is 3.76. The number of benzene rings is 2. The minimum Gasteiger partial charge on any atom is -0.486 e. The van der Waals surface area contributed by atoms with Crippen molar-refractivity contribution in [3.05, 3.63) is 78.6 Å². The maximum Gasteiger partial charge on any atom is 0.159 e. The molecule has 3 rings (SSSR count). The first-order valence-electron chi connectivity index (χ1n) is 8.51. The first kappa shape index (κ1) is 17.4. The van der Waals surface area contributed by atoms with Crippen molar-refractivity contribution in [1.82, 2.24) is 9.97 Å². The zero-order valence-corrected chi connectivity index (χ0v) is 14.6. The Morgan fingerprint density at radius 1 is 0.885 bits per heavy atom. The molecule has 0 saturated heterocycles. The summed E-state index contributed by atoms with van der Waals surface area (Å²) in [4.78, 5) is 8.75. The molecule has 1 heterocycles. The maximum atomic E-state index is 8.88. The van der Waals surface area contributed by atoms with Gasteiger partial charge in [0.2, 0.25) is 0 Å². The average molecular weight is 341 g/mol. The Hall–Kier alpha value is -3.45. The molecule has 0 N–H and O–H groups in total. The lowest BCUT2D eigenvalue weighted by Crippen LogP contribution is -1.96. The van der Waals surface area contributed by atoms with E-state index in [1.807, 2.05) is 54.6 Å². The van der Waals surface area contributed by atoms with E-state index in [0.29, 0.717) is 23.7 Å². The number of aromatic nitrogens is 2. The Morgan fingerprint density at radius 2 is 1.46 bits per heavy atom. The van der Waals surface area contributed by atoms with Crippen molar-refractivity contribution < 1.29 is 4.74 Å². The van der Waals surface area contributed by atoms with Crippen LogP contribution in [0, 0.1) is 11.3 Å². The molecule has 26 heavy (non-hydrogen) atoms. The van der Waals surface area contributed by atoms with Gasteiger partial charge in [-0.15, -0.1) is 0 Å². The molecular formula is C22H19N3O. The molecule has 0 bridgehead atoms. The van der Waals surface area contributed by atoms with Crippen molar-refractivity contribution in [1.29, 1.82) is 5.26 Å². The van der Waals surface area contributed by atoms with Crippen LogP contribution >= 0.6 is 0 Å². The van der Waals surface area contributed by atoms with Gasteiger partial charge in [0.05, 0.1) is 24.0 Å². The van der Waals surface area contributed by atoms with Crippen molar-refractivity contribution >= 4 is 0 Å². The molecule has 4 nitrogen and oxygen atoms in total. The highest BCUT2D eigenvalue weighted by atomic mass is 16.5. The topological polar surface area (TPSA) is 58.8 Å². The van der Waals surface area contributed by atoms with Crippen molar-refractivity contribution in [2.45, 2.75) is 13.3 Å². The highest BCUT2D eigenvalue weighted by molar-refractivity contribution is 5.68. The predicted molar refractivity (Wildman–Crippen MR) is 103 cm³/mol. The number of hydrogen-bond donors (Lipinski definition) is 0. The minimum absolute atomic E-state index is 0.524. The summed E-state index contributed by atoms with van der Waals surface area (Å²) in [6.07, 6.45) is 8.42. The van der Waals surface area contributed by atoms with Gasteiger partial charge in [0.25, 0.3) is 0 Å². The van der Waals surface area contributed by atoms with Crippen LogP contribution in [0.15, 0.2) is 73.1 Å². The quantitative estimate of drug-likeness (QED) is 0.590. The van der Waals surface area contributed by atoms with Crippen LogP contribution in [0.1, 0.15) is 18.9 Å². The molecule has 0 radical (unpaired) electrons. The summed E-state index contributed by atoms with van der Waals surface area (Å²) in [6, 6.07) is 17.7. The van der Waals surface area contributed by atoms with Gasteiger partial charge >= 0.3 is 0 Å². The molecule has 128 valence electrons. The zero-order chi connectivity index (χ0) is 18.2. The van der Waals surface area contributed by atoms with Crippen LogP contribution in [0.2, 0.25) is 0 Å². The average Bonchev–Trinajstić information content (AvgIpc) is 2.72. The van der Waals surface area contributed by atoms with Crippen LogP contribution in [0.25, 0.3) is 22.5 Å². The summed E-state index contributed by atoms with van der Waals surface area (Å²) < 4.78 is 5.56. The number of nitrogens with zero attached hydrogens (tertiary/aromatic N) is 3. The number of allylic oxidation sites excluding steroid dienone is 1. The second-order valence-corrected chi connectivity index (χ2v) is 5.70. The molecule has 0 aliphatic heterocycles. The molecule has 0 amide bonds. The highest BCUT2D eigenvalue weighted by Gasteiger charge is 2.04. The molecule has 0 aliphatic rings. The van der Waals surface area contributed by atoms with Gasteiger partial charge in [-0.05, 0) is 29.7 Å². The van der Waals surface area contributed by atoms with Crippen molar-refractivity contribution in [2.75, 3.05) is 6.61 Å². The largest absolute Gasteiger partial charge is 0.486 e. The van der Waals surface area contributed by atoms with E-state index in [1.165, 1.54) is 0 Å². The van der Waals surface area contributed by atoms with Gasteiger partial charge in [-0.3, -0.25) is 0 Å². The molecule has 0 atom stereocenters. The number of ether oxygens (including phenoxy) is 1. The number of rotatable bonds is 6. The smallest absolute Gasteiger partial charge is 0.159 e. The summed E-state index contributed by atoms with van der Waals surface area (Å²) in [5, 5.41) is 8.88. The Balaban J connectivity index is 1.69. The Morgan fingerprint density at radius 3 is 2.04 bits per heavy atom. The number of hydrogen-bond acceptors (Lipinski definition) is 4. The van der Waals surface area contributed by atoms with Gasteiger partial charge in [-0.1, -0.05) is 55.5 Å². The van der Waals surface area contributed by atoms with E-state index in [4.69, 9.17) is 10.00 Å². The van der Waals surface area contributed by atoms with Gasteiger partial charge in [0, 0.05) is 5.56 Å². The first-order chi connectivity index (χ1) is 12.8. The van der Waals surface area contributed by atoms with Gasteiger partial charge in [-0.25, -0.2) is 9.97 Å². The second kappa shape index (κ2) is 8.59. The van der Waals surface area contributed by atoms with E-state index < -0.39 is 0 Å². The molecule has 3 aromatic rings. The molecule has 0 fully saturated rings. The molecule has 0 unspecified atom stereocenters. The van der Waals surface area contributed by atoms with E-state index in [0.717, 1.165) is 23.1 Å². The Kier molecular flexibility index (Phi) is 5.74. The third kappa shape index (κ3) is 4.34. The third-order valence-electron chi connectivity index (χ3n) is 3.87. The molecule has 2 aromatic carbocycles. The van der Waals surface area contributed by atoms with Crippen molar-refractivity contribution in [3.63, 3.8) is 0 Å². The fourth-order valence-electron chi connectivity index (χ4n) is 2.47. The van der Waals surface area contributed by atoms with E-state index in [2.05, 4.69) is 29.0 Å². The predicted octanol–water partition coefficient (Wildman–Crippen LogP) is 5.03. The van der Waals surface area contributed by atoms with Crippen LogP contribution in [0.4, 0.5) is 0 Å². The summed E-state index contributed by atoms with van der Waals surface area (Å²) in [5.74, 6) is 1.32. The third-order valence-corrected chi connectivity index (χ3v) is 3.87. The summed E-state index contributed by atoms with van der Waals surface area (Å²) >= 11 is 0. The van der Waals surface area contributed by atoms with Crippen molar-refractivity contribution in [2.24, 2.45) is 0 Å². The Bertz CT molecular complexity index is 906. The van der Waals surface area contributed by atoms with Crippen LogP contribution in [0.5, 0.6) is 5.75 Å². The molecule has 1 aromatic heterocycles. The summed E-state index contributed by atoms with van der Waals surface area (Å²) in [7, 11) is 0. The standard InChI is InChI=1S/C22H19N3O/c1-2-3-4-13-26-21-15-24-22(25-16-21)20-11-9-19(10-12-20)18-7-5-17(14-23)6-8-18/h3-12,15-16H,2,13H2,1H3/b4-3+. The van der Waals surface area contributed by atoms with Gasteiger partial charge in [0.15, 0.2) is 11.6 Å². The molecule has 4 heteroatoms. The minimum atomic E-state index is 0.524. The first-order valence-corrected chi connectivity index (χ1v) is 8.51. The zero-order valence-electron chi connectivity index (χ0n) is 14.6. The van der Waals surface area contributed by atoms with Crippen LogP contribution in [-0.2, 0) is 0 Å². The monoisotopic (exact) mass is 341 g/mol. The van der Waals surface area contributed by atoms with Crippen LogP contribution in [-0.4, -0.2) is 16.6 Å². The van der Waals surface area contributed by atoms with E-state index in [9.17, 15) is 0 Å². The van der Waals surface area contributed by atoms with E-state index in [-0.39, 0.29) is 0 Å². The lowest BCUT2D eigenvalue weighted by molar-refractivity contribution is 0.359. The van der Waals surface area contributed by atoms with Gasteiger partial charge in [-0.2, -0.15) is 5.26 Å². The molecule has 0 spiro atoms. The van der Waals surface area contributed by atoms with Crippen molar-refractivity contribution in [3.8, 4) is 34.3 Å². The fraction of sp³-hybridized carbons (Fsp3) is 0.136. The van der Waals surface area contributed by atoms with E-state index >= 15 is 0 Å². The Labute approximate surface area is 153 Å². The molecule has 0 aliphatic carbocycles. The number of nitriles is 1. The van der Waals surface area contributed by atoms with Crippen LogP contribution in [0.3, 0.4) is 0 Å². The second-order valence-electron chi connectivity index (χ2n) is 5.70.